The highest BCUT2D eigenvalue weighted by Crippen LogP contribution is 2.19. The molecule has 0 aliphatic carbocycles. The molecule has 1 fully saturated rings. The zero-order valence-electron chi connectivity index (χ0n) is 15.1. The highest BCUT2D eigenvalue weighted by atomic mass is 16.6. The van der Waals surface area contributed by atoms with Gasteiger partial charge < -0.3 is 14.8 Å². The number of benzene rings is 1. The molecule has 25 heavy (non-hydrogen) atoms. The lowest BCUT2D eigenvalue weighted by Gasteiger charge is -2.23. The van der Waals surface area contributed by atoms with Crippen molar-refractivity contribution in [2.75, 3.05) is 19.7 Å². The predicted octanol–water partition coefficient (Wildman–Crippen LogP) is 2.72. The summed E-state index contributed by atoms with van der Waals surface area (Å²) in [5.74, 6) is -0.112. The summed E-state index contributed by atoms with van der Waals surface area (Å²) in [4.78, 5) is 26.1. The van der Waals surface area contributed by atoms with E-state index in [1.807, 2.05) is 44.2 Å². The minimum absolute atomic E-state index is 0.112. The van der Waals surface area contributed by atoms with Crippen LogP contribution in [0.3, 0.4) is 0 Å². The highest BCUT2D eigenvalue weighted by molar-refractivity contribution is 5.86. The minimum Gasteiger partial charge on any atom is -0.445 e. The standard InChI is InChI=1S/C19H28N2O4/c1-15(2)24-13-7-11-20-18(22)17-10-6-12-21(17)19(23)25-14-16-8-4-3-5-9-16/h3-5,8-9,15,17H,6-7,10-14H2,1-2H3,(H,20,22). The molecule has 1 atom stereocenters. The van der Waals surface area contributed by atoms with Gasteiger partial charge >= 0.3 is 6.09 Å². The number of likely N-dealkylation sites (tertiary alicyclic amines) is 1. The average molecular weight is 348 g/mol. The van der Waals surface area contributed by atoms with Crippen molar-refractivity contribution in [1.82, 2.24) is 10.2 Å². The van der Waals surface area contributed by atoms with Gasteiger partial charge in [-0.2, -0.15) is 0 Å². The molecule has 0 spiro atoms. The summed E-state index contributed by atoms with van der Waals surface area (Å²) in [6.45, 7) is 5.91. The van der Waals surface area contributed by atoms with E-state index in [-0.39, 0.29) is 18.6 Å². The Kier molecular flexibility index (Phi) is 7.73. The quantitative estimate of drug-likeness (QED) is 0.734. The van der Waals surface area contributed by atoms with Gasteiger partial charge in [0.25, 0.3) is 0 Å². The van der Waals surface area contributed by atoms with Crippen molar-refractivity contribution in [2.45, 2.75) is 51.9 Å². The van der Waals surface area contributed by atoms with Crippen molar-refractivity contribution in [2.24, 2.45) is 0 Å². The number of carbonyl (C=O) groups excluding carboxylic acids is 2. The first kappa shape index (κ1) is 19.2. The van der Waals surface area contributed by atoms with Crippen molar-refractivity contribution in [3.8, 4) is 0 Å². The van der Waals surface area contributed by atoms with Gasteiger partial charge in [-0.1, -0.05) is 30.3 Å². The molecule has 1 N–H and O–H groups in total. The van der Waals surface area contributed by atoms with Crippen LogP contribution in [0.25, 0.3) is 0 Å². The minimum atomic E-state index is -0.436. The van der Waals surface area contributed by atoms with Gasteiger partial charge in [0.05, 0.1) is 6.10 Å². The zero-order chi connectivity index (χ0) is 18.1. The fourth-order valence-corrected chi connectivity index (χ4v) is 2.78. The molecular formula is C19H28N2O4. The summed E-state index contributed by atoms with van der Waals surface area (Å²) in [5.41, 5.74) is 0.932. The number of hydrogen-bond acceptors (Lipinski definition) is 4. The molecule has 1 aliphatic heterocycles. The first-order valence-corrected chi connectivity index (χ1v) is 8.94. The van der Waals surface area contributed by atoms with Crippen LogP contribution in [-0.2, 0) is 20.9 Å². The first-order valence-electron chi connectivity index (χ1n) is 8.94. The average Bonchev–Trinajstić information content (AvgIpc) is 3.10. The molecule has 138 valence electrons. The Hall–Kier alpha value is -2.08. The van der Waals surface area contributed by atoms with Gasteiger partial charge in [-0.15, -0.1) is 0 Å². The van der Waals surface area contributed by atoms with E-state index in [1.54, 1.807) is 0 Å². The molecule has 0 aromatic heterocycles. The van der Waals surface area contributed by atoms with Gasteiger partial charge in [0.1, 0.15) is 12.6 Å². The Morgan fingerprint density at radius 3 is 2.76 bits per heavy atom. The third kappa shape index (κ3) is 6.38. The smallest absolute Gasteiger partial charge is 0.410 e. The summed E-state index contributed by atoms with van der Waals surface area (Å²) in [6, 6.07) is 9.09. The predicted molar refractivity (Wildman–Crippen MR) is 95.1 cm³/mol. The van der Waals surface area contributed by atoms with E-state index in [4.69, 9.17) is 9.47 Å². The molecule has 1 unspecified atom stereocenters. The normalized spacial score (nSPS) is 16.9. The van der Waals surface area contributed by atoms with E-state index < -0.39 is 12.1 Å². The molecule has 0 bridgehead atoms. The van der Waals surface area contributed by atoms with Gasteiger partial charge in [0.15, 0.2) is 0 Å². The van der Waals surface area contributed by atoms with Crippen molar-refractivity contribution in [3.63, 3.8) is 0 Å². The van der Waals surface area contributed by atoms with E-state index in [0.29, 0.717) is 26.1 Å². The fourth-order valence-electron chi connectivity index (χ4n) is 2.78. The van der Waals surface area contributed by atoms with Gasteiger partial charge in [0.2, 0.25) is 5.91 Å². The molecule has 1 aromatic carbocycles. The number of ether oxygens (including phenoxy) is 2. The Labute approximate surface area is 149 Å². The molecule has 2 amide bonds. The number of hydrogen-bond donors (Lipinski definition) is 1. The summed E-state index contributed by atoms with van der Waals surface area (Å²) in [7, 11) is 0. The lowest BCUT2D eigenvalue weighted by Crippen LogP contribution is -2.46. The molecule has 0 radical (unpaired) electrons. The fraction of sp³-hybridized carbons (Fsp3) is 0.579. The molecule has 1 aromatic rings. The van der Waals surface area contributed by atoms with Crippen LogP contribution < -0.4 is 5.32 Å². The van der Waals surface area contributed by atoms with Crippen LogP contribution in [0.15, 0.2) is 30.3 Å². The van der Waals surface area contributed by atoms with Crippen molar-refractivity contribution >= 4 is 12.0 Å². The molecule has 0 saturated carbocycles. The van der Waals surface area contributed by atoms with Crippen LogP contribution in [0.1, 0.15) is 38.7 Å². The maximum Gasteiger partial charge on any atom is 0.410 e. The second-order valence-electron chi connectivity index (χ2n) is 6.46. The molecular weight excluding hydrogens is 320 g/mol. The SMILES string of the molecule is CC(C)OCCCNC(=O)C1CCCN1C(=O)OCc1ccccc1. The van der Waals surface area contributed by atoms with E-state index in [2.05, 4.69) is 5.32 Å². The second kappa shape index (κ2) is 10.0. The van der Waals surface area contributed by atoms with E-state index >= 15 is 0 Å². The Bertz CT molecular complexity index is 548. The third-order valence-corrected chi connectivity index (χ3v) is 4.07. The van der Waals surface area contributed by atoms with Crippen LogP contribution in [0, 0.1) is 0 Å². The van der Waals surface area contributed by atoms with Gasteiger partial charge in [-0.3, -0.25) is 9.69 Å². The van der Waals surface area contributed by atoms with Crippen LogP contribution in [0.2, 0.25) is 0 Å². The van der Waals surface area contributed by atoms with Crippen LogP contribution >= 0.6 is 0 Å². The lowest BCUT2D eigenvalue weighted by atomic mass is 10.2. The molecule has 6 nitrogen and oxygen atoms in total. The Morgan fingerprint density at radius 1 is 1.28 bits per heavy atom. The van der Waals surface area contributed by atoms with Gasteiger partial charge in [-0.25, -0.2) is 4.79 Å². The Morgan fingerprint density at radius 2 is 2.04 bits per heavy atom. The highest BCUT2D eigenvalue weighted by Gasteiger charge is 2.34. The van der Waals surface area contributed by atoms with Crippen LogP contribution in [-0.4, -0.2) is 48.7 Å². The van der Waals surface area contributed by atoms with Crippen molar-refractivity contribution in [1.29, 1.82) is 0 Å². The number of nitrogens with one attached hydrogen (secondary N) is 1. The molecule has 1 heterocycles. The van der Waals surface area contributed by atoms with Gasteiger partial charge in [0, 0.05) is 19.7 Å². The molecule has 1 aliphatic rings. The summed E-state index contributed by atoms with van der Waals surface area (Å²) in [6.07, 6.45) is 2.02. The monoisotopic (exact) mass is 348 g/mol. The van der Waals surface area contributed by atoms with Crippen LogP contribution in [0.4, 0.5) is 4.79 Å². The second-order valence-corrected chi connectivity index (χ2v) is 6.46. The van der Waals surface area contributed by atoms with E-state index in [1.165, 1.54) is 4.90 Å². The maximum absolute atomic E-state index is 12.3. The number of amides is 2. The van der Waals surface area contributed by atoms with Crippen molar-refractivity contribution < 1.29 is 19.1 Å². The molecule has 6 heteroatoms. The molecule has 1 saturated heterocycles. The Balaban J connectivity index is 1.74. The number of nitrogens with zero attached hydrogens (tertiary/aromatic N) is 1. The zero-order valence-corrected chi connectivity index (χ0v) is 15.1. The molecule has 2 rings (SSSR count). The lowest BCUT2D eigenvalue weighted by molar-refractivity contribution is -0.125. The van der Waals surface area contributed by atoms with Gasteiger partial charge in [-0.05, 0) is 38.7 Å². The summed E-state index contributed by atoms with van der Waals surface area (Å²) in [5, 5.41) is 2.89. The van der Waals surface area contributed by atoms with Crippen molar-refractivity contribution in [3.05, 3.63) is 35.9 Å². The van der Waals surface area contributed by atoms with Crippen LogP contribution in [0.5, 0.6) is 0 Å². The van der Waals surface area contributed by atoms with E-state index in [0.717, 1.165) is 18.4 Å². The number of carbonyl (C=O) groups is 2. The largest absolute Gasteiger partial charge is 0.445 e. The van der Waals surface area contributed by atoms with E-state index in [9.17, 15) is 9.59 Å². The first-order chi connectivity index (χ1) is 12.1. The maximum atomic E-state index is 12.3. The number of rotatable bonds is 8. The third-order valence-electron chi connectivity index (χ3n) is 4.07. The summed E-state index contributed by atoms with van der Waals surface area (Å²) >= 11 is 0. The topological polar surface area (TPSA) is 67.9 Å². The summed E-state index contributed by atoms with van der Waals surface area (Å²) < 4.78 is 10.8.